The molecule has 0 saturated heterocycles. The fourth-order valence-corrected chi connectivity index (χ4v) is 1.62. The third-order valence-corrected chi connectivity index (χ3v) is 3.10. The molecule has 1 unspecified atom stereocenters. The van der Waals surface area contributed by atoms with Crippen LogP contribution in [0.4, 0.5) is 0 Å². The van der Waals surface area contributed by atoms with Crippen molar-refractivity contribution in [1.82, 2.24) is 5.32 Å². The zero-order chi connectivity index (χ0) is 12.3. The summed E-state index contributed by atoms with van der Waals surface area (Å²) in [6, 6.07) is 0. The molecule has 1 aliphatic carbocycles. The molecule has 0 radical (unpaired) electrons. The topological polar surface area (TPSA) is 75.6 Å². The first-order valence-electron chi connectivity index (χ1n) is 5.48. The van der Waals surface area contributed by atoms with Gasteiger partial charge in [0, 0.05) is 13.7 Å². The summed E-state index contributed by atoms with van der Waals surface area (Å²) in [6.07, 6.45) is 0.801. The van der Waals surface area contributed by atoms with Crippen LogP contribution in [0.3, 0.4) is 0 Å². The van der Waals surface area contributed by atoms with Gasteiger partial charge in [-0.05, 0) is 18.8 Å². The molecule has 0 aliphatic heterocycles. The van der Waals surface area contributed by atoms with E-state index in [0.29, 0.717) is 19.4 Å². The first-order valence-corrected chi connectivity index (χ1v) is 5.48. The standard InChI is InChI=1S/C11H19NO4/c1-7(2)8(16-3)6-12-9(13)11(4-5-11)10(14)15/h7-8H,4-6H2,1-3H3,(H,12,13)(H,14,15). The lowest BCUT2D eigenvalue weighted by molar-refractivity contribution is -0.149. The molecule has 1 atom stereocenters. The predicted octanol–water partition coefficient (Wildman–Crippen LogP) is 0.638. The van der Waals surface area contributed by atoms with E-state index in [2.05, 4.69) is 5.32 Å². The number of ether oxygens (including phenoxy) is 1. The van der Waals surface area contributed by atoms with Crippen molar-refractivity contribution in [2.75, 3.05) is 13.7 Å². The Hall–Kier alpha value is -1.10. The molecule has 2 N–H and O–H groups in total. The maximum atomic E-state index is 11.7. The second kappa shape index (κ2) is 4.82. The normalized spacial score (nSPS) is 19.2. The minimum absolute atomic E-state index is 0.0754. The summed E-state index contributed by atoms with van der Waals surface area (Å²) < 4.78 is 5.19. The highest BCUT2D eigenvalue weighted by atomic mass is 16.5. The molecule has 1 saturated carbocycles. The number of hydrogen-bond donors (Lipinski definition) is 2. The van der Waals surface area contributed by atoms with Crippen LogP contribution >= 0.6 is 0 Å². The lowest BCUT2D eigenvalue weighted by atomic mass is 10.0. The molecule has 1 rings (SSSR count). The molecule has 1 amide bonds. The van der Waals surface area contributed by atoms with Gasteiger partial charge in [-0.1, -0.05) is 13.8 Å². The summed E-state index contributed by atoms with van der Waals surface area (Å²) in [5.41, 5.74) is -1.16. The summed E-state index contributed by atoms with van der Waals surface area (Å²) in [5.74, 6) is -1.13. The van der Waals surface area contributed by atoms with Crippen LogP contribution in [0, 0.1) is 11.3 Å². The van der Waals surface area contributed by atoms with Crippen molar-refractivity contribution >= 4 is 11.9 Å². The van der Waals surface area contributed by atoms with Crippen molar-refractivity contribution in [3.8, 4) is 0 Å². The quantitative estimate of drug-likeness (QED) is 0.655. The van der Waals surface area contributed by atoms with Gasteiger partial charge in [0.2, 0.25) is 5.91 Å². The number of methoxy groups -OCH3 is 1. The van der Waals surface area contributed by atoms with E-state index in [0.717, 1.165) is 0 Å². The van der Waals surface area contributed by atoms with E-state index in [1.807, 2.05) is 13.8 Å². The number of carboxylic acid groups (broad SMARTS) is 1. The van der Waals surface area contributed by atoms with Crippen LogP contribution in [-0.2, 0) is 14.3 Å². The van der Waals surface area contributed by atoms with Gasteiger partial charge in [0.25, 0.3) is 0 Å². The van der Waals surface area contributed by atoms with E-state index in [1.54, 1.807) is 7.11 Å². The van der Waals surface area contributed by atoms with Gasteiger partial charge in [-0.2, -0.15) is 0 Å². The number of hydrogen-bond acceptors (Lipinski definition) is 3. The van der Waals surface area contributed by atoms with Gasteiger partial charge in [0.1, 0.15) is 5.41 Å². The molecule has 5 nitrogen and oxygen atoms in total. The van der Waals surface area contributed by atoms with Gasteiger partial charge < -0.3 is 15.2 Å². The first-order chi connectivity index (χ1) is 7.44. The van der Waals surface area contributed by atoms with Crippen molar-refractivity contribution in [3.63, 3.8) is 0 Å². The molecule has 1 fully saturated rings. The van der Waals surface area contributed by atoms with E-state index in [1.165, 1.54) is 0 Å². The Morgan fingerprint density at radius 1 is 1.44 bits per heavy atom. The van der Waals surface area contributed by atoms with Crippen LogP contribution < -0.4 is 5.32 Å². The number of carbonyl (C=O) groups excluding carboxylic acids is 1. The molecule has 1 aliphatic rings. The number of carbonyl (C=O) groups is 2. The van der Waals surface area contributed by atoms with Gasteiger partial charge in [0.15, 0.2) is 0 Å². The number of rotatable bonds is 6. The zero-order valence-corrected chi connectivity index (χ0v) is 9.95. The second-order valence-electron chi connectivity index (χ2n) is 4.62. The maximum Gasteiger partial charge on any atom is 0.319 e. The molecule has 5 heteroatoms. The minimum Gasteiger partial charge on any atom is -0.480 e. The number of amides is 1. The summed E-state index contributed by atoms with van der Waals surface area (Å²) >= 11 is 0. The Balaban J connectivity index is 2.44. The highest BCUT2D eigenvalue weighted by molar-refractivity contribution is 6.04. The van der Waals surface area contributed by atoms with E-state index in [-0.39, 0.29) is 17.9 Å². The van der Waals surface area contributed by atoms with Gasteiger partial charge in [-0.15, -0.1) is 0 Å². The average Bonchev–Trinajstić information content (AvgIpc) is 2.98. The van der Waals surface area contributed by atoms with Crippen molar-refractivity contribution in [2.45, 2.75) is 32.8 Å². The summed E-state index contributed by atoms with van der Waals surface area (Å²) in [7, 11) is 1.58. The molecule has 0 aromatic rings. The highest BCUT2D eigenvalue weighted by Gasteiger charge is 2.57. The Labute approximate surface area is 95.2 Å². The lowest BCUT2D eigenvalue weighted by Gasteiger charge is -2.20. The minimum atomic E-state index is -1.16. The SMILES string of the molecule is COC(CNC(=O)C1(C(=O)O)CC1)C(C)C. The first kappa shape index (κ1) is 13.0. The monoisotopic (exact) mass is 229 g/mol. The van der Waals surface area contributed by atoms with Crippen LogP contribution in [0.25, 0.3) is 0 Å². The van der Waals surface area contributed by atoms with Crippen LogP contribution in [0.5, 0.6) is 0 Å². The molecule has 0 bridgehead atoms. The van der Waals surface area contributed by atoms with Crippen molar-refractivity contribution < 1.29 is 19.4 Å². The van der Waals surface area contributed by atoms with Crippen molar-refractivity contribution in [1.29, 1.82) is 0 Å². The number of carboxylic acids is 1. The van der Waals surface area contributed by atoms with Crippen molar-refractivity contribution in [2.24, 2.45) is 11.3 Å². The van der Waals surface area contributed by atoms with E-state index >= 15 is 0 Å². The fraction of sp³-hybridized carbons (Fsp3) is 0.818. The third kappa shape index (κ3) is 2.52. The van der Waals surface area contributed by atoms with Crippen LogP contribution in [0.1, 0.15) is 26.7 Å². The summed E-state index contributed by atoms with van der Waals surface area (Å²) in [5, 5.41) is 11.6. The molecule has 0 heterocycles. The Morgan fingerprint density at radius 3 is 2.31 bits per heavy atom. The molecular weight excluding hydrogens is 210 g/mol. The second-order valence-corrected chi connectivity index (χ2v) is 4.62. The zero-order valence-electron chi connectivity index (χ0n) is 9.95. The molecular formula is C11H19NO4. The van der Waals surface area contributed by atoms with E-state index in [4.69, 9.17) is 9.84 Å². The lowest BCUT2D eigenvalue weighted by Crippen LogP contribution is -2.42. The molecule has 16 heavy (non-hydrogen) atoms. The van der Waals surface area contributed by atoms with Crippen LogP contribution in [-0.4, -0.2) is 36.7 Å². The smallest absolute Gasteiger partial charge is 0.319 e. The van der Waals surface area contributed by atoms with Gasteiger partial charge in [-0.25, -0.2) is 0 Å². The largest absolute Gasteiger partial charge is 0.480 e. The average molecular weight is 229 g/mol. The molecule has 0 aromatic carbocycles. The highest BCUT2D eigenvalue weighted by Crippen LogP contribution is 2.46. The van der Waals surface area contributed by atoms with Crippen LogP contribution in [0.15, 0.2) is 0 Å². The Morgan fingerprint density at radius 2 is 2.00 bits per heavy atom. The molecule has 0 aromatic heterocycles. The Kier molecular flexibility index (Phi) is 3.91. The number of aliphatic carboxylic acids is 1. The van der Waals surface area contributed by atoms with Gasteiger partial charge in [-0.3, -0.25) is 9.59 Å². The summed E-state index contributed by atoms with van der Waals surface area (Å²) in [4.78, 5) is 22.5. The van der Waals surface area contributed by atoms with Crippen LogP contribution in [0.2, 0.25) is 0 Å². The Bertz CT molecular complexity index is 284. The molecule has 0 spiro atoms. The van der Waals surface area contributed by atoms with Gasteiger partial charge >= 0.3 is 5.97 Å². The summed E-state index contributed by atoms with van der Waals surface area (Å²) in [6.45, 7) is 4.34. The van der Waals surface area contributed by atoms with E-state index < -0.39 is 11.4 Å². The molecule has 92 valence electrons. The van der Waals surface area contributed by atoms with Crippen molar-refractivity contribution in [3.05, 3.63) is 0 Å². The van der Waals surface area contributed by atoms with E-state index in [9.17, 15) is 9.59 Å². The third-order valence-electron chi connectivity index (χ3n) is 3.10. The fourth-order valence-electron chi connectivity index (χ4n) is 1.62. The predicted molar refractivity (Wildman–Crippen MR) is 57.9 cm³/mol. The van der Waals surface area contributed by atoms with Gasteiger partial charge in [0.05, 0.1) is 6.10 Å². The maximum absolute atomic E-state index is 11.7. The number of nitrogens with one attached hydrogen (secondary N) is 1.